The van der Waals surface area contributed by atoms with Crippen molar-refractivity contribution < 1.29 is 23.7 Å². The molecule has 3 atom stereocenters. The van der Waals surface area contributed by atoms with Crippen molar-refractivity contribution in [3.05, 3.63) is 36.0 Å². The van der Waals surface area contributed by atoms with Crippen molar-refractivity contribution in [2.75, 3.05) is 57.5 Å². The second-order valence-corrected chi connectivity index (χ2v) is 32.7. The van der Waals surface area contributed by atoms with Crippen LogP contribution in [0, 0.1) is 11.5 Å². The average Bonchev–Trinajstić information content (AvgIpc) is 3.92. The van der Waals surface area contributed by atoms with Crippen molar-refractivity contribution in [3.63, 3.8) is 0 Å². The highest BCUT2D eigenvalue weighted by atomic mass is 32.1. The number of fused-ring (bicyclic) bond motifs is 5. The number of hydrogen-bond donors (Lipinski definition) is 1. The number of hydrogen-bond acceptors (Lipinski definition) is 11. The van der Waals surface area contributed by atoms with E-state index in [9.17, 15) is 9.50 Å². The second-order valence-electron chi connectivity index (χ2n) is 20.5. The van der Waals surface area contributed by atoms with E-state index in [4.69, 9.17) is 34.3 Å². The van der Waals surface area contributed by atoms with E-state index < -0.39 is 27.9 Å². The fourth-order valence-corrected chi connectivity index (χ4v) is 17.7. The maximum atomic E-state index is 14.8. The van der Waals surface area contributed by atoms with Crippen LogP contribution in [0.15, 0.2) is 30.5 Å². The summed E-state index contributed by atoms with van der Waals surface area (Å²) >= 11 is 1.54. The van der Waals surface area contributed by atoms with Gasteiger partial charge in [-0.2, -0.15) is 15.1 Å². The molecule has 3 aliphatic rings. The molecule has 62 heavy (non-hydrogen) atoms. The molecule has 7 heterocycles. The number of benzene rings is 1. The monoisotopic (exact) mass is 899 g/mol. The number of β-amino-alcohol motifs (C(OH)–C–C–N with tert-alkyl or cyclic N) is 1. The molecule has 4 aromatic heterocycles. The molecule has 5 aromatic rings. The number of pyridine rings is 1. The van der Waals surface area contributed by atoms with Gasteiger partial charge in [0.15, 0.2) is 0 Å². The van der Waals surface area contributed by atoms with Gasteiger partial charge in [0, 0.05) is 56.7 Å². The first-order chi connectivity index (χ1) is 29.4. The summed E-state index contributed by atoms with van der Waals surface area (Å²) in [5.74, 6) is 4.45. The van der Waals surface area contributed by atoms with Crippen LogP contribution in [0.2, 0.25) is 42.3 Å². The molecule has 334 valence electrons. The lowest BCUT2D eigenvalue weighted by molar-refractivity contribution is -0.0123. The van der Waals surface area contributed by atoms with Crippen molar-refractivity contribution in [1.82, 2.24) is 29.6 Å². The van der Waals surface area contributed by atoms with Gasteiger partial charge in [0.05, 0.1) is 40.9 Å². The highest BCUT2D eigenvalue weighted by Gasteiger charge is 2.49. The zero-order valence-electron chi connectivity index (χ0n) is 38.5. The van der Waals surface area contributed by atoms with Crippen LogP contribution in [0.4, 0.5) is 10.2 Å². The van der Waals surface area contributed by atoms with Gasteiger partial charge in [0.25, 0.3) is 0 Å². The molecule has 0 spiro atoms. The fourth-order valence-electron chi connectivity index (χ4n) is 10.6. The zero-order valence-corrected chi connectivity index (χ0v) is 41.3. The van der Waals surface area contributed by atoms with Crippen LogP contribution >= 0.6 is 11.3 Å². The lowest BCUT2D eigenvalue weighted by Gasteiger charge is -2.38. The Balaban J connectivity index is 1.30. The van der Waals surface area contributed by atoms with Crippen molar-refractivity contribution in [2.45, 2.75) is 134 Å². The van der Waals surface area contributed by atoms with E-state index >= 15 is 0 Å². The summed E-state index contributed by atoms with van der Waals surface area (Å²) in [4.78, 5) is 20.4. The van der Waals surface area contributed by atoms with Gasteiger partial charge < -0.3 is 24.2 Å². The Hall–Kier alpha value is -3.50. The Morgan fingerprint density at radius 2 is 1.81 bits per heavy atom. The van der Waals surface area contributed by atoms with Gasteiger partial charge in [0.2, 0.25) is 0 Å². The predicted octanol–water partition coefficient (Wildman–Crippen LogP) is 9.68. The number of halogens is 1. The van der Waals surface area contributed by atoms with Gasteiger partial charge >= 0.3 is 6.01 Å². The van der Waals surface area contributed by atoms with Crippen LogP contribution in [0.1, 0.15) is 73.3 Å². The minimum absolute atomic E-state index is 0.222. The first-order valence-corrected chi connectivity index (χ1v) is 29.4. The number of ether oxygens (including phenoxy) is 3. The van der Waals surface area contributed by atoms with E-state index in [0.717, 1.165) is 73.6 Å². The van der Waals surface area contributed by atoms with Crippen LogP contribution in [-0.4, -0.2) is 121 Å². The number of rotatable bonds is 13. The van der Waals surface area contributed by atoms with Crippen molar-refractivity contribution in [3.8, 4) is 28.9 Å². The topological polar surface area (TPSA) is 111 Å². The molecule has 3 aliphatic heterocycles. The summed E-state index contributed by atoms with van der Waals surface area (Å²) in [6.45, 7) is 27.1. The number of nitrogens with zero attached hydrogens (tertiary/aromatic N) is 7. The van der Waals surface area contributed by atoms with Crippen LogP contribution in [-0.2, 0) is 16.2 Å². The number of anilines is 1. The number of aliphatic hydroxyl groups is 1. The summed E-state index contributed by atoms with van der Waals surface area (Å²) in [7, 11) is -3.37. The SMILES string of the molecule is CC(C)[Si](C#Cc1cccc2c1c(-c1nccc3c1sc1nc(OC[C@@]45CCCN4C[C@H](F)C5)nc(N4CCOC[C@@](C)(O)C4)c13)nn2COCC[Si](C)(C)C)(C(C)C)C(C)C. The largest absolute Gasteiger partial charge is 0.461 e. The first-order valence-electron chi connectivity index (χ1n) is 22.7. The molecular weight excluding hydrogens is 834 g/mol. The molecule has 11 nitrogen and oxygen atoms in total. The summed E-state index contributed by atoms with van der Waals surface area (Å²) < 4.78 is 36.4. The maximum Gasteiger partial charge on any atom is 0.319 e. The molecule has 0 bridgehead atoms. The highest BCUT2D eigenvalue weighted by Crippen LogP contribution is 2.46. The molecule has 8 rings (SSSR count). The zero-order chi connectivity index (χ0) is 44.2. The van der Waals surface area contributed by atoms with Gasteiger partial charge in [-0.3, -0.25) is 9.88 Å². The Morgan fingerprint density at radius 3 is 2.55 bits per heavy atom. The molecule has 0 radical (unpaired) electrons. The lowest BCUT2D eigenvalue weighted by Crippen LogP contribution is -2.43. The fraction of sp³-hybridized carbons (Fsp3) is 0.617. The Kier molecular flexibility index (Phi) is 12.7. The predicted molar refractivity (Wildman–Crippen MR) is 256 cm³/mol. The van der Waals surface area contributed by atoms with Crippen LogP contribution < -0.4 is 9.64 Å². The van der Waals surface area contributed by atoms with Gasteiger partial charge in [-0.1, -0.05) is 73.2 Å². The summed E-state index contributed by atoms with van der Waals surface area (Å²) in [5, 5.41) is 19.5. The standard InChI is InChI=1S/C47H66FN7O4SSi2/c1-31(2)62(32(3)4,33(5)6)23-16-34-13-11-14-37-38(34)40(52-55(37)30-58-22-24-61(8,9)10)41-42-36(15-18-49-41)39-43(53-20-21-57-28-46(7,56)27-53)50-45(51-44(39)60-42)59-29-47-17-12-19-54(47)26-35(48)25-47/h11,13-15,18,31-33,35,56H,12,17,19-22,24-30H2,1-10H3/t35-,46+,47+/m1/s1. The van der Waals surface area contributed by atoms with Crippen LogP contribution in [0.5, 0.6) is 6.01 Å². The average molecular weight is 900 g/mol. The van der Waals surface area contributed by atoms with Crippen LogP contribution in [0.25, 0.3) is 42.6 Å². The Morgan fingerprint density at radius 1 is 1.03 bits per heavy atom. The van der Waals surface area contributed by atoms with E-state index in [1.807, 2.05) is 16.9 Å². The van der Waals surface area contributed by atoms with E-state index in [1.54, 1.807) is 18.3 Å². The molecule has 0 unspecified atom stereocenters. The normalized spacial score (nSPS) is 22.7. The van der Waals surface area contributed by atoms with Gasteiger partial charge in [0.1, 0.15) is 55.2 Å². The Labute approximate surface area is 372 Å². The Bertz CT molecular complexity index is 2470. The summed E-state index contributed by atoms with van der Waals surface area (Å²) in [6, 6.07) is 9.66. The van der Waals surface area contributed by atoms with Crippen LogP contribution in [0.3, 0.4) is 0 Å². The smallest absolute Gasteiger partial charge is 0.319 e. The molecule has 0 aliphatic carbocycles. The lowest BCUT2D eigenvalue weighted by atomic mass is 9.95. The van der Waals surface area contributed by atoms with E-state index in [-0.39, 0.29) is 18.2 Å². The third-order valence-electron chi connectivity index (χ3n) is 13.7. The maximum absolute atomic E-state index is 14.8. The molecule has 1 aromatic carbocycles. The van der Waals surface area contributed by atoms with Crippen molar-refractivity contribution in [1.29, 1.82) is 0 Å². The third-order valence-corrected chi connectivity index (χ3v) is 22.8. The summed E-state index contributed by atoms with van der Waals surface area (Å²) in [5.41, 5.74) is 7.39. The molecule has 1 N–H and O–H groups in total. The molecule has 0 saturated carbocycles. The van der Waals surface area contributed by atoms with Gasteiger partial charge in [-0.25, -0.2) is 9.07 Å². The number of aromatic nitrogens is 5. The van der Waals surface area contributed by atoms with E-state index in [1.165, 1.54) is 0 Å². The van der Waals surface area contributed by atoms with Gasteiger partial charge in [-0.05, 0) is 67.2 Å². The third kappa shape index (κ3) is 8.69. The van der Waals surface area contributed by atoms with Crippen molar-refractivity contribution in [2.24, 2.45) is 0 Å². The molecule has 3 saturated heterocycles. The minimum Gasteiger partial charge on any atom is -0.461 e. The minimum atomic E-state index is -2.07. The summed E-state index contributed by atoms with van der Waals surface area (Å²) in [6.07, 6.45) is 3.35. The van der Waals surface area contributed by atoms with Crippen molar-refractivity contribution >= 4 is 64.5 Å². The molecule has 15 heteroatoms. The quantitative estimate of drug-likeness (QED) is 0.0697. The van der Waals surface area contributed by atoms with E-state index in [2.05, 4.69) is 101 Å². The second kappa shape index (κ2) is 17.5. The highest BCUT2D eigenvalue weighted by molar-refractivity contribution is 7.26. The van der Waals surface area contributed by atoms with Gasteiger partial charge in [-0.15, -0.1) is 16.9 Å². The number of thiophene rings is 1. The number of alkyl halides is 1. The van der Waals surface area contributed by atoms with E-state index in [0.29, 0.717) is 75.0 Å². The molecule has 0 amide bonds. The first kappa shape index (κ1) is 45.1. The molecular formula is C47H66FN7O4SSi2. The molecule has 3 fully saturated rings.